The molecule has 0 heterocycles. The Morgan fingerprint density at radius 3 is 0.778 bits per heavy atom. The average Bonchev–Trinajstić information content (AvgIpc) is 2.94. The van der Waals surface area contributed by atoms with Crippen molar-refractivity contribution in [3.63, 3.8) is 0 Å². The fraction of sp³-hybridized carbons (Fsp3) is 0.190. The van der Waals surface area contributed by atoms with Gasteiger partial charge in [0.15, 0.2) is 0 Å². The maximum Gasteiger partial charge on any atom is 0.416 e. The first-order valence-electron chi connectivity index (χ1n) is 9.09. The predicted octanol–water partition coefficient (Wildman–Crippen LogP) is 6.05. The van der Waals surface area contributed by atoms with Crippen LogP contribution in [-0.2, 0) is 24.7 Å². The molecule has 0 amide bonds. The molecule has 0 aromatic heterocycles. The Bertz CT molecular complexity index is 1310. The summed E-state index contributed by atoms with van der Waals surface area (Å²) in [4.78, 5) is 36.7. The molecule has 0 fully saturated rings. The van der Waals surface area contributed by atoms with Crippen LogP contribution >= 0.6 is 0 Å². The minimum atomic E-state index is -5.47. The number of hydrogen-bond acceptors (Lipinski definition) is 3. The topological polar surface area (TPSA) is 51.2 Å². The highest BCUT2D eigenvalue weighted by Crippen LogP contribution is 2.42. The second kappa shape index (κ2) is 8.20. The molecule has 3 aromatic rings. The monoisotopic (exact) mass is 534 g/mol. The largest absolute Gasteiger partial charge is 0.416 e. The van der Waals surface area contributed by atoms with E-state index < -0.39 is 85.5 Å². The van der Waals surface area contributed by atoms with E-state index in [1.807, 2.05) is 0 Å². The van der Waals surface area contributed by atoms with Crippen LogP contribution in [0.25, 0.3) is 22.3 Å². The molecular weight excluding hydrogens is 528 g/mol. The van der Waals surface area contributed by atoms with E-state index in [-0.39, 0.29) is 36.4 Å². The van der Waals surface area contributed by atoms with Crippen molar-refractivity contribution in [1.82, 2.24) is 0 Å². The van der Waals surface area contributed by atoms with Crippen LogP contribution in [0.15, 0.2) is 50.8 Å². The standard InChI is InChI=1S/C21H6F12O3/c22-18(23,24)9-1-7(2-10(5-9)19(25,26)27)13-14(16(35)17(36)15(13)34)8-3-11(20(28,29)30)6-12(4-8)21(31,32)33/h1-6H. The number of benzene rings is 2. The summed E-state index contributed by atoms with van der Waals surface area (Å²) >= 11 is 0. The quantitative estimate of drug-likeness (QED) is 0.297. The van der Waals surface area contributed by atoms with Gasteiger partial charge in [0.1, 0.15) is 0 Å². The second-order valence-corrected chi connectivity index (χ2v) is 7.33. The van der Waals surface area contributed by atoms with Gasteiger partial charge >= 0.3 is 24.7 Å². The minimum absolute atomic E-state index is 0.0906. The minimum Gasteiger partial charge on any atom is -0.285 e. The first-order valence-corrected chi connectivity index (χ1v) is 9.09. The zero-order valence-electron chi connectivity index (χ0n) is 16.7. The van der Waals surface area contributed by atoms with E-state index in [0.29, 0.717) is 0 Å². The Morgan fingerprint density at radius 1 is 0.361 bits per heavy atom. The number of hydrogen-bond donors (Lipinski definition) is 0. The van der Waals surface area contributed by atoms with E-state index in [1.54, 1.807) is 0 Å². The zero-order chi connectivity index (χ0) is 27.6. The molecule has 15 heteroatoms. The number of alkyl halides is 12. The lowest BCUT2D eigenvalue weighted by Crippen LogP contribution is -2.30. The average molecular weight is 534 g/mol. The molecule has 0 radical (unpaired) electrons. The van der Waals surface area contributed by atoms with Gasteiger partial charge in [-0.05, 0) is 47.5 Å². The van der Waals surface area contributed by atoms with Crippen molar-refractivity contribution in [1.29, 1.82) is 0 Å². The van der Waals surface area contributed by atoms with Crippen molar-refractivity contribution >= 4 is 0 Å². The molecule has 3 rings (SSSR count). The third-order valence-electron chi connectivity index (χ3n) is 4.87. The van der Waals surface area contributed by atoms with Gasteiger partial charge in [-0.25, -0.2) is 0 Å². The Hall–Kier alpha value is -3.65. The first kappa shape index (κ1) is 26.9. The summed E-state index contributed by atoms with van der Waals surface area (Å²) in [5.74, 6) is 0. The third-order valence-corrected chi connectivity index (χ3v) is 4.87. The van der Waals surface area contributed by atoms with E-state index in [0.717, 1.165) is 0 Å². The molecule has 0 spiro atoms. The fourth-order valence-corrected chi connectivity index (χ4v) is 3.31. The Morgan fingerprint density at radius 2 is 0.583 bits per heavy atom. The van der Waals surface area contributed by atoms with Gasteiger partial charge in [-0.2, -0.15) is 52.7 Å². The van der Waals surface area contributed by atoms with Crippen molar-refractivity contribution < 1.29 is 52.7 Å². The molecule has 0 aliphatic rings. The van der Waals surface area contributed by atoms with Crippen LogP contribution in [0.3, 0.4) is 0 Å². The molecule has 0 aliphatic carbocycles. The molecule has 0 bridgehead atoms. The van der Waals surface area contributed by atoms with Crippen LogP contribution in [0.2, 0.25) is 0 Å². The molecule has 0 unspecified atom stereocenters. The van der Waals surface area contributed by atoms with Crippen molar-refractivity contribution in [2.75, 3.05) is 0 Å². The fourth-order valence-electron chi connectivity index (χ4n) is 3.31. The van der Waals surface area contributed by atoms with E-state index in [1.165, 1.54) is 0 Å². The third kappa shape index (κ3) is 4.99. The SMILES string of the molecule is O=c1c(-c2cc(C(F)(F)F)cc(C(F)(F)F)c2)c(-c2cc(C(F)(F)F)cc(C(F)(F)F)c2)c(=O)c1=O. The molecule has 0 aliphatic heterocycles. The van der Waals surface area contributed by atoms with Crippen LogP contribution in [0.4, 0.5) is 52.7 Å². The lowest BCUT2D eigenvalue weighted by Gasteiger charge is -2.16. The molecule has 36 heavy (non-hydrogen) atoms. The Kier molecular flexibility index (Phi) is 6.14. The molecule has 192 valence electrons. The molecule has 3 nitrogen and oxygen atoms in total. The summed E-state index contributed by atoms with van der Waals surface area (Å²) in [6, 6.07) is -1.11. The van der Waals surface area contributed by atoms with Crippen LogP contribution in [0.5, 0.6) is 0 Å². The van der Waals surface area contributed by atoms with Gasteiger partial charge in [0.2, 0.25) is 10.9 Å². The van der Waals surface area contributed by atoms with E-state index >= 15 is 0 Å². The lowest BCUT2D eigenvalue weighted by molar-refractivity contribution is -0.144. The normalized spacial score (nSPS) is 13.3. The summed E-state index contributed by atoms with van der Waals surface area (Å²) in [6.07, 6.45) is -21.9. The highest BCUT2D eigenvalue weighted by Gasteiger charge is 2.40. The van der Waals surface area contributed by atoms with E-state index in [9.17, 15) is 67.1 Å². The number of halogens is 12. The van der Waals surface area contributed by atoms with Gasteiger partial charge < -0.3 is 0 Å². The van der Waals surface area contributed by atoms with E-state index in [2.05, 4.69) is 0 Å². The smallest absolute Gasteiger partial charge is 0.285 e. The number of rotatable bonds is 2. The maximum absolute atomic E-state index is 13.2. The zero-order valence-corrected chi connectivity index (χ0v) is 16.7. The van der Waals surface area contributed by atoms with Crippen molar-refractivity contribution in [2.24, 2.45) is 0 Å². The van der Waals surface area contributed by atoms with Crippen LogP contribution < -0.4 is 16.3 Å². The van der Waals surface area contributed by atoms with Gasteiger partial charge in [-0.1, -0.05) is 0 Å². The van der Waals surface area contributed by atoms with Crippen LogP contribution in [0, 0.1) is 0 Å². The molecule has 0 N–H and O–H groups in total. The summed E-state index contributed by atoms with van der Waals surface area (Å²) in [5.41, 5.74) is -19.9. The highest BCUT2D eigenvalue weighted by atomic mass is 19.4. The maximum atomic E-state index is 13.2. The molecule has 0 saturated carbocycles. The van der Waals surface area contributed by atoms with Gasteiger partial charge in [0.25, 0.3) is 5.43 Å². The van der Waals surface area contributed by atoms with Crippen LogP contribution in [0.1, 0.15) is 22.3 Å². The Labute approximate surface area is 189 Å². The highest BCUT2D eigenvalue weighted by molar-refractivity contribution is 5.85. The van der Waals surface area contributed by atoms with E-state index in [4.69, 9.17) is 0 Å². The Balaban J connectivity index is 2.50. The van der Waals surface area contributed by atoms with Crippen molar-refractivity contribution in [3.8, 4) is 22.3 Å². The molecule has 0 atom stereocenters. The summed E-state index contributed by atoms with van der Waals surface area (Å²) in [7, 11) is 0. The predicted molar refractivity (Wildman–Crippen MR) is 98.5 cm³/mol. The molecular formula is C21H6F12O3. The van der Waals surface area contributed by atoms with Crippen molar-refractivity contribution in [2.45, 2.75) is 24.7 Å². The van der Waals surface area contributed by atoms with Crippen LogP contribution in [-0.4, -0.2) is 0 Å². The summed E-state index contributed by atoms with van der Waals surface area (Å²) < 4.78 is 159. The molecule has 0 saturated heterocycles. The summed E-state index contributed by atoms with van der Waals surface area (Å²) in [5, 5.41) is 0. The lowest BCUT2D eigenvalue weighted by atomic mass is 9.93. The van der Waals surface area contributed by atoms with Gasteiger partial charge in [0, 0.05) is 11.1 Å². The van der Waals surface area contributed by atoms with Gasteiger partial charge in [-0.15, -0.1) is 0 Å². The summed E-state index contributed by atoms with van der Waals surface area (Å²) in [6.45, 7) is 0. The van der Waals surface area contributed by atoms with Gasteiger partial charge in [-0.3, -0.25) is 14.4 Å². The molecule has 3 aromatic carbocycles. The van der Waals surface area contributed by atoms with Gasteiger partial charge in [0.05, 0.1) is 22.3 Å². The van der Waals surface area contributed by atoms with Crippen molar-refractivity contribution in [3.05, 3.63) is 89.3 Å². The first-order chi connectivity index (χ1) is 16.1. The second-order valence-electron chi connectivity index (χ2n) is 7.33.